The zero-order chi connectivity index (χ0) is 13.2. The molecular formula is C11H7F3N2O. The highest BCUT2D eigenvalue weighted by Gasteiger charge is 2.26. The van der Waals surface area contributed by atoms with Gasteiger partial charge in [0.25, 0.3) is 0 Å². The largest absolute Gasteiger partial charge is 0.486 e. The summed E-state index contributed by atoms with van der Waals surface area (Å²) in [5, 5.41) is 17.1. The lowest BCUT2D eigenvalue weighted by molar-refractivity contribution is 0.225. The highest BCUT2D eigenvalue weighted by atomic mass is 19.2. The van der Waals surface area contributed by atoms with E-state index in [1.54, 1.807) is 0 Å². The summed E-state index contributed by atoms with van der Waals surface area (Å²) >= 11 is 0. The van der Waals surface area contributed by atoms with Crippen LogP contribution >= 0.6 is 0 Å². The molecule has 3 nitrogen and oxygen atoms in total. The van der Waals surface area contributed by atoms with Crippen molar-refractivity contribution in [3.8, 4) is 17.9 Å². The van der Waals surface area contributed by atoms with Crippen molar-refractivity contribution >= 4 is 0 Å². The normalized spacial score (nSPS) is 9.88. The molecule has 0 bridgehead atoms. The van der Waals surface area contributed by atoms with Crippen LogP contribution in [0.5, 0.6) is 5.75 Å². The molecule has 88 valence electrons. The van der Waals surface area contributed by atoms with Crippen molar-refractivity contribution in [1.29, 1.82) is 10.5 Å². The van der Waals surface area contributed by atoms with Gasteiger partial charge in [0, 0.05) is 0 Å². The average Bonchev–Trinajstić information content (AvgIpc) is 2.26. The van der Waals surface area contributed by atoms with Gasteiger partial charge in [-0.2, -0.15) is 14.9 Å². The van der Waals surface area contributed by atoms with Crippen molar-refractivity contribution in [2.24, 2.45) is 0 Å². The molecule has 1 aromatic rings. The van der Waals surface area contributed by atoms with Crippen molar-refractivity contribution in [1.82, 2.24) is 0 Å². The van der Waals surface area contributed by atoms with Crippen LogP contribution in [0.15, 0.2) is 0 Å². The van der Waals surface area contributed by atoms with E-state index in [1.165, 1.54) is 19.9 Å². The van der Waals surface area contributed by atoms with Crippen LogP contribution in [0, 0.1) is 40.1 Å². The Hall–Kier alpha value is -2.21. The third kappa shape index (κ3) is 2.16. The number of halogens is 3. The summed E-state index contributed by atoms with van der Waals surface area (Å²) < 4.78 is 45.1. The second kappa shape index (κ2) is 4.75. The maximum Gasteiger partial charge on any atom is 0.203 e. The first-order chi connectivity index (χ1) is 7.93. The van der Waals surface area contributed by atoms with Gasteiger partial charge in [-0.1, -0.05) is 0 Å². The first-order valence-electron chi connectivity index (χ1n) is 4.61. The minimum absolute atomic E-state index is 0.566. The molecule has 17 heavy (non-hydrogen) atoms. The Morgan fingerprint density at radius 1 is 0.941 bits per heavy atom. The van der Waals surface area contributed by atoms with E-state index in [4.69, 9.17) is 15.3 Å². The van der Waals surface area contributed by atoms with E-state index < -0.39 is 40.4 Å². The lowest BCUT2D eigenvalue weighted by atomic mass is 10.1. The second-order valence-corrected chi connectivity index (χ2v) is 3.41. The topological polar surface area (TPSA) is 56.8 Å². The third-order valence-electron chi connectivity index (χ3n) is 1.85. The number of hydrogen-bond acceptors (Lipinski definition) is 3. The van der Waals surface area contributed by atoms with Crippen LogP contribution in [0.25, 0.3) is 0 Å². The molecule has 0 aliphatic heterocycles. The summed E-state index contributed by atoms with van der Waals surface area (Å²) in [4.78, 5) is 0. The highest BCUT2D eigenvalue weighted by Crippen LogP contribution is 2.31. The zero-order valence-electron chi connectivity index (χ0n) is 9.01. The number of ether oxygens (including phenoxy) is 1. The lowest BCUT2D eigenvalue weighted by Gasteiger charge is -2.13. The first kappa shape index (κ1) is 12.9. The number of hydrogen-bond donors (Lipinski definition) is 0. The van der Waals surface area contributed by atoms with Crippen LogP contribution in [-0.2, 0) is 0 Å². The number of rotatable bonds is 2. The SMILES string of the molecule is CC(C)Oc1c(F)c(F)c(C#N)c(F)c1C#N. The Kier molecular flexibility index (Phi) is 3.59. The monoisotopic (exact) mass is 240 g/mol. The molecule has 0 amide bonds. The van der Waals surface area contributed by atoms with Crippen LogP contribution < -0.4 is 4.74 Å². The quantitative estimate of drug-likeness (QED) is 0.746. The predicted molar refractivity (Wildman–Crippen MR) is 51.5 cm³/mol. The Balaban J connectivity index is 3.63. The molecule has 0 aliphatic carbocycles. The van der Waals surface area contributed by atoms with Gasteiger partial charge in [-0.05, 0) is 13.8 Å². The number of benzene rings is 1. The Morgan fingerprint density at radius 2 is 1.47 bits per heavy atom. The van der Waals surface area contributed by atoms with E-state index in [0.717, 1.165) is 6.07 Å². The van der Waals surface area contributed by atoms with E-state index in [2.05, 4.69) is 0 Å². The van der Waals surface area contributed by atoms with E-state index >= 15 is 0 Å². The fourth-order valence-corrected chi connectivity index (χ4v) is 1.18. The molecule has 0 aromatic heterocycles. The van der Waals surface area contributed by atoms with Crippen LogP contribution in [0.1, 0.15) is 25.0 Å². The van der Waals surface area contributed by atoms with E-state index in [9.17, 15) is 13.2 Å². The Labute approximate surface area is 95.7 Å². The van der Waals surface area contributed by atoms with E-state index in [-0.39, 0.29) is 0 Å². The maximum absolute atomic E-state index is 13.5. The van der Waals surface area contributed by atoms with Crippen LogP contribution in [0.2, 0.25) is 0 Å². The van der Waals surface area contributed by atoms with Gasteiger partial charge in [-0.25, -0.2) is 8.78 Å². The Bertz CT molecular complexity index is 541. The van der Waals surface area contributed by atoms with E-state index in [0.29, 0.717) is 0 Å². The van der Waals surface area contributed by atoms with Gasteiger partial charge >= 0.3 is 0 Å². The van der Waals surface area contributed by atoms with Crippen molar-refractivity contribution in [2.75, 3.05) is 0 Å². The van der Waals surface area contributed by atoms with Gasteiger partial charge in [0.2, 0.25) is 5.82 Å². The van der Waals surface area contributed by atoms with Gasteiger partial charge in [0.1, 0.15) is 23.3 Å². The standard InChI is InChI=1S/C11H7F3N2O/c1-5(2)17-11-7(4-16)8(12)6(3-15)9(13)10(11)14/h5H,1-2H3. The molecule has 0 fully saturated rings. The van der Waals surface area contributed by atoms with Gasteiger partial charge < -0.3 is 4.74 Å². The molecule has 0 saturated heterocycles. The number of nitrogens with zero attached hydrogens (tertiary/aromatic N) is 2. The minimum Gasteiger partial charge on any atom is -0.486 e. The Morgan fingerprint density at radius 3 is 1.88 bits per heavy atom. The zero-order valence-corrected chi connectivity index (χ0v) is 9.01. The molecule has 0 radical (unpaired) electrons. The highest BCUT2D eigenvalue weighted by molar-refractivity contribution is 5.52. The summed E-state index contributed by atoms with van der Waals surface area (Å²) in [5.41, 5.74) is -1.94. The van der Waals surface area contributed by atoms with Crippen LogP contribution in [0.4, 0.5) is 13.2 Å². The maximum atomic E-state index is 13.5. The van der Waals surface area contributed by atoms with Gasteiger partial charge in [0.05, 0.1) is 6.10 Å². The summed E-state index contributed by atoms with van der Waals surface area (Å²) in [6.07, 6.45) is -0.566. The molecule has 0 heterocycles. The molecule has 1 rings (SSSR count). The predicted octanol–water partition coefficient (Wildman–Crippen LogP) is 2.63. The first-order valence-corrected chi connectivity index (χ1v) is 4.61. The molecule has 0 saturated carbocycles. The van der Waals surface area contributed by atoms with Crippen LogP contribution in [0.3, 0.4) is 0 Å². The molecule has 6 heteroatoms. The fraction of sp³-hybridized carbons (Fsp3) is 0.273. The molecule has 0 aliphatic rings. The summed E-state index contributed by atoms with van der Waals surface area (Å²) in [6, 6.07) is 2.52. The second-order valence-electron chi connectivity index (χ2n) is 3.41. The molecule has 1 aromatic carbocycles. The van der Waals surface area contributed by atoms with Gasteiger partial charge in [-0.3, -0.25) is 0 Å². The molecule has 0 N–H and O–H groups in total. The summed E-state index contributed by atoms with van der Waals surface area (Å²) in [6.45, 7) is 3.02. The molecule has 0 unspecified atom stereocenters. The van der Waals surface area contributed by atoms with Crippen molar-refractivity contribution < 1.29 is 17.9 Å². The van der Waals surface area contributed by atoms with Crippen molar-refractivity contribution in [2.45, 2.75) is 20.0 Å². The number of nitriles is 2. The summed E-state index contributed by atoms with van der Waals surface area (Å²) in [5.74, 6) is -5.41. The van der Waals surface area contributed by atoms with E-state index in [1.807, 2.05) is 0 Å². The van der Waals surface area contributed by atoms with Crippen molar-refractivity contribution in [3.05, 3.63) is 28.6 Å². The van der Waals surface area contributed by atoms with Gasteiger partial charge in [-0.15, -0.1) is 0 Å². The molecule has 0 spiro atoms. The minimum atomic E-state index is -1.65. The lowest BCUT2D eigenvalue weighted by Crippen LogP contribution is -2.12. The van der Waals surface area contributed by atoms with Crippen molar-refractivity contribution in [3.63, 3.8) is 0 Å². The molecular weight excluding hydrogens is 233 g/mol. The van der Waals surface area contributed by atoms with Gasteiger partial charge in [0.15, 0.2) is 17.4 Å². The molecule has 0 atom stereocenters. The average molecular weight is 240 g/mol. The smallest absolute Gasteiger partial charge is 0.203 e. The fourth-order valence-electron chi connectivity index (χ4n) is 1.18. The summed E-state index contributed by atoms with van der Waals surface area (Å²) in [7, 11) is 0. The van der Waals surface area contributed by atoms with Crippen LogP contribution in [-0.4, -0.2) is 6.10 Å². The third-order valence-corrected chi connectivity index (χ3v) is 1.85.